The van der Waals surface area contributed by atoms with Gasteiger partial charge in [0.1, 0.15) is 10.8 Å². The molecule has 8 heteroatoms. The zero-order chi connectivity index (χ0) is 23.0. The highest BCUT2D eigenvalue weighted by molar-refractivity contribution is 7.21. The van der Waals surface area contributed by atoms with Gasteiger partial charge in [0.15, 0.2) is 0 Å². The van der Waals surface area contributed by atoms with Crippen LogP contribution < -0.4 is 10.6 Å². The predicted molar refractivity (Wildman–Crippen MR) is 138 cm³/mol. The first-order valence-electron chi connectivity index (χ1n) is 11.4. The van der Waals surface area contributed by atoms with E-state index < -0.39 is 0 Å². The van der Waals surface area contributed by atoms with Gasteiger partial charge < -0.3 is 15.7 Å². The van der Waals surface area contributed by atoms with Crippen molar-refractivity contribution in [2.45, 2.75) is 45.7 Å². The average molecular weight is 480 g/mol. The number of rotatable bonds is 7. The Balaban J connectivity index is 1.55. The third kappa shape index (κ3) is 4.35. The fourth-order valence-corrected chi connectivity index (χ4v) is 6.44. The Morgan fingerprint density at radius 1 is 1.15 bits per heavy atom. The normalized spacial score (nSPS) is 22.7. The highest BCUT2D eigenvalue weighted by atomic mass is 32.1. The van der Waals surface area contributed by atoms with Crippen molar-refractivity contribution in [3.63, 3.8) is 0 Å². The van der Waals surface area contributed by atoms with Crippen LogP contribution in [0.25, 0.3) is 20.8 Å². The molecular formula is C25H29N5OS2. The van der Waals surface area contributed by atoms with Crippen molar-refractivity contribution in [2.24, 2.45) is 11.8 Å². The number of benzene rings is 1. The van der Waals surface area contributed by atoms with Gasteiger partial charge in [-0.3, -0.25) is 0 Å². The van der Waals surface area contributed by atoms with Crippen LogP contribution in [-0.4, -0.2) is 32.2 Å². The molecular weight excluding hydrogens is 450 g/mol. The molecule has 3 N–H and O–H groups in total. The third-order valence-electron chi connectivity index (χ3n) is 6.98. The van der Waals surface area contributed by atoms with Crippen molar-refractivity contribution in [1.29, 1.82) is 0 Å². The van der Waals surface area contributed by atoms with E-state index in [9.17, 15) is 5.11 Å². The molecule has 1 aliphatic rings. The van der Waals surface area contributed by atoms with Crippen molar-refractivity contribution in [3.8, 4) is 10.6 Å². The van der Waals surface area contributed by atoms with Crippen LogP contribution in [0, 0.1) is 18.8 Å². The van der Waals surface area contributed by atoms with Gasteiger partial charge in [-0.1, -0.05) is 25.1 Å². The van der Waals surface area contributed by atoms with Crippen LogP contribution in [-0.2, 0) is 6.54 Å². The van der Waals surface area contributed by atoms with E-state index in [4.69, 9.17) is 15.0 Å². The minimum absolute atomic E-state index is 0.162. The summed E-state index contributed by atoms with van der Waals surface area (Å²) in [4.78, 5) is 15.9. The van der Waals surface area contributed by atoms with Crippen molar-refractivity contribution in [3.05, 3.63) is 52.3 Å². The minimum atomic E-state index is -0.162. The van der Waals surface area contributed by atoms with Gasteiger partial charge in [0.2, 0.25) is 5.95 Å². The number of aromatic nitrogens is 3. The molecule has 0 radical (unpaired) electrons. The molecule has 0 bridgehead atoms. The second-order valence-electron chi connectivity index (χ2n) is 9.09. The molecule has 33 heavy (non-hydrogen) atoms. The number of thiophene rings is 1. The molecule has 1 aliphatic carbocycles. The molecule has 1 aromatic carbocycles. The summed E-state index contributed by atoms with van der Waals surface area (Å²) >= 11 is 3.38. The number of aliphatic hydroxyl groups is 1. The second-order valence-corrected chi connectivity index (χ2v) is 11.2. The number of hydrogen-bond acceptors (Lipinski definition) is 8. The van der Waals surface area contributed by atoms with Gasteiger partial charge in [0.25, 0.3) is 0 Å². The van der Waals surface area contributed by atoms with E-state index in [1.807, 2.05) is 25.1 Å². The number of thiazole rings is 1. The van der Waals surface area contributed by atoms with Crippen LogP contribution in [0.5, 0.6) is 0 Å². The molecule has 0 amide bonds. The molecule has 0 aliphatic heterocycles. The number of aliphatic hydroxyl groups excluding tert-OH is 1. The Labute approximate surface area is 202 Å². The highest BCUT2D eigenvalue weighted by Gasteiger charge is 2.42. The molecule has 5 rings (SSSR count). The van der Waals surface area contributed by atoms with Gasteiger partial charge in [0, 0.05) is 17.0 Å². The number of para-hydroxylation sites is 1. The summed E-state index contributed by atoms with van der Waals surface area (Å²) in [6.07, 6.45) is 1.99. The van der Waals surface area contributed by atoms with Gasteiger partial charge in [-0.2, -0.15) is 4.98 Å². The molecule has 4 aromatic rings. The zero-order valence-electron chi connectivity index (χ0n) is 19.1. The van der Waals surface area contributed by atoms with E-state index in [1.165, 1.54) is 4.88 Å². The predicted octanol–water partition coefficient (Wildman–Crippen LogP) is 5.94. The summed E-state index contributed by atoms with van der Waals surface area (Å²) in [5, 5.41) is 20.0. The van der Waals surface area contributed by atoms with Crippen LogP contribution >= 0.6 is 22.7 Å². The summed E-state index contributed by atoms with van der Waals surface area (Å²) in [7, 11) is 0. The van der Waals surface area contributed by atoms with E-state index in [0.717, 1.165) is 45.1 Å². The Kier molecular flexibility index (Phi) is 6.07. The van der Waals surface area contributed by atoms with Gasteiger partial charge in [-0.05, 0) is 62.1 Å². The fraction of sp³-hybridized carbons (Fsp3) is 0.400. The van der Waals surface area contributed by atoms with Gasteiger partial charge in [-0.25, -0.2) is 9.97 Å². The topological polar surface area (TPSA) is 83.0 Å². The maximum absolute atomic E-state index is 9.83. The molecule has 6 nitrogen and oxygen atoms in total. The SMILES string of the molecule is Cc1nc(NCc2cccs2)nc(NC2(C)CCC(CO)C2C)c1-c1nc2ccccc2s1. The second kappa shape index (κ2) is 9.00. The molecule has 3 aromatic heterocycles. The lowest BCUT2D eigenvalue weighted by Crippen LogP contribution is -2.40. The first-order valence-corrected chi connectivity index (χ1v) is 13.1. The van der Waals surface area contributed by atoms with E-state index in [-0.39, 0.29) is 12.1 Å². The number of fused-ring (bicyclic) bond motifs is 1. The van der Waals surface area contributed by atoms with Gasteiger partial charge in [0.05, 0.1) is 28.0 Å². The van der Waals surface area contributed by atoms with E-state index in [0.29, 0.717) is 24.3 Å². The maximum atomic E-state index is 9.83. The van der Waals surface area contributed by atoms with Crippen molar-refractivity contribution in [2.75, 3.05) is 17.2 Å². The Morgan fingerprint density at radius 3 is 2.73 bits per heavy atom. The number of nitrogens with zero attached hydrogens (tertiary/aromatic N) is 3. The summed E-state index contributed by atoms with van der Waals surface area (Å²) < 4.78 is 1.15. The van der Waals surface area contributed by atoms with Crippen LogP contribution in [0.15, 0.2) is 41.8 Å². The molecule has 1 saturated carbocycles. The highest BCUT2D eigenvalue weighted by Crippen LogP contribution is 2.44. The largest absolute Gasteiger partial charge is 0.396 e. The first kappa shape index (κ1) is 22.3. The Hall–Kier alpha value is -2.55. The summed E-state index contributed by atoms with van der Waals surface area (Å²) in [6.45, 7) is 7.41. The molecule has 172 valence electrons. The average Bonchev–Trinajstić information content (AvgIpc) is 3.52. The van der Waals surface area contributed by atoms with Crippen LogP contribution in [0.3, 0.4) is 0 Å². The van der Waals surface area contributed by atoms with Gasteiger partial charge in [-0.15, -0.1) is 22.7 Å². The van der Waals surface area contributed by atoms with E-state index >= 15 is 0 Å². The van der Waals surface area contributed by atoms with Crippen LogP contribution in [0.2, 0.25) is 0 Å². The number of nitrogens with one attached hydrogen (secondary N) is 2. The monoisotopic (exact) mass is 479 g/mol. The molecule has 3 atom stereocenters. The number of aryl methyl sites for hydroxylation is 1. The maximum Gasteiger partial charge on any atom is 0.225 e. The molecule has 0 spiro atoms. The molecule has 1 fully saturated rings. The number of hydrogen-bond donors (Lipinski definition) is 3. The first-order chi connectivity index (χ1) is 16.0. The zero-order valence-corrected chi connectivity index (χ0v) is 20.8. The lowest BCUT2D eigenvalue weighted by molar-refractivity contribution is 0.187. The number of anilines is 2. The third-order valence-corrected chi connectivity index (χ3v) is 8.91. The Morgan fingerprint density at radius 2 is 2.00 bits per heavy atom. The fourth-order valence-electron chi connectivity index (χ4n) is 4.74. The quantitative estimate of drug-likeness (QED) is 0.304. The molecule has 3 heterocycles. The summed E-state index contributed by atoms with van der Waals surface area (Å²) in [5.41, 5.74) is 2.68. The van der Waals surface area contributed by atoms with Crippen LogP contribution in [0.1, 0.15) is 37.3 Å². The van der Waals surface area contributed by atoms with Crippen LogP contribution in [0.4, 0.5) is 11.8 Å². The summed E-state index contributed by atoms with van der Waals surface area (Å²) in [6, 6.07) is 12.4. The lowest BCUT2D eigenvalue weighted by Gasteiger charge is -2.34. The molecule has 0 saturated heterocycles. The van der Waals surface area contributed by atoms with Crippen molar-refractivity contribution in [1.82, 2.24) is 15.0 Å². The van der Waals surface area contributed by atoms with E-state index in [2.05, 4.69) is 48.1 Å². The van der Waals surface area contributed by atoms with E-state index in [1.54, 1.807) is 22.7 Å². The Bertz CT molecular complexity index is 1220. The lowest BCUT2D eigenvalue weighted by atomic mass is 9.86. The molecule has 3 unspecified atom stereocenters. The van der Waals surface area contributed by atoms with Crippen molar-refractivity contribution < 1.29 is 5.11 Å². The van der Waals surface area contributed by atoms with Gasteiger partial charge >= 0.3 is 0 Å². The minimum Gasteiger partial charge on any atom is -0.396 e. The standard InChI is InChI=1S/C25H29N5OS2/c1-15-17(14-31)10-11-25(15,3)30-22-21(23-28-19-8-4-5-9-20(19)33-23)16(2)27-24(29-22)26-13-18-7-6-12-32-18/h4-9,12,15,17,31H,10-11,13-14H2,1-3H3,(H2,26,27,29,30). The summed E-state index contributed by atoms with van der Waals surface area (Å²) in [5.74, 6) is 2.04. The smallest absolute Gasteiger partial charge is 0.225 e. The van der Waals surface area contributed by atoms with Crippen molar-refractivity contribution >= 4 is 44.7 Å².